The first-order valence-corrected chi connectivity index (χ1v) is 7.76. The fourth-order valence-corrected chi connectivity index (χ4v) is 2.58. The van der Waals surface area contributed by atoms with Crippen molar-refractivity contribution < 1.29 is 13.2 Å². The van der Waals surface area contributed by atoms with Gasteiger partial charge in [-0.05, 0) is 40.9 Å². The van der Waals surface area contributed by atoms with Crippen LogP contribution in [-0.2, 0) is 9.84 Å². The smallest absolute Gasteiger partial charge is 0.253 e. The molecule has 0 N–H and O–H groups in total. The van der Waals surface area contributed by atoms with Gasteiger partial charge in [-0.1, -0.05) is 30.3 Å². The molecule has 0 aliphatic carbocycles. The molecule has 0 saturated heterocycles. The molecule has 3 nitrogen and oxygen atoms in total. The summed E-state index contributed by atoms with van der Waals surface area (Å²) in [5, 5.41) is -0.539. The SMILES string of the molecule is CS(=O)(=O)c1ccc(-c2ccccc2C(=O)Cl)cc1. The number of carbonyl (C=O) groups is 1. The van der Waals surface area contributed by atoms with Gasteiger partial charge < -0.3 is 0 Å². The highest BCUT2D eigenvalue weighted by atomic mass is 35.5. The molecule has 0 bridgehead atoms. The quantitative estimate of drug-likeness (QED) is 0.817. The van der Waals surface area contributed by atoms with Crippen molar-refractivity contribution in [2.45, 2.75) is 4.90 Å². The lowest BCUT2D eigenvalue weighted by Gasteiger charge is -2.07. The first kappa shape index (κ1) is 13.8. The van der Waals surface area contributed by atoms with E-state index in [1.54, 1.807) is 36.4 Å². The van der Waals surface area contributed by atoms with Crippen molar-refractivity contribution in [1.29, 1.82) is 0 Å². The topological polar surface area (TPSA) is 51.2 Å². The van der Waals surface area contributed by atoms with E-state index in [4.69, 9.17) is 11.6 Å². The van der Waals surface area contributed by atoms with Crippen molar-refractivity contribution in [2.24, 2.45) is 0 Å². The molecule has 0 aliphatic rings. The Morgan fingerprint density at radius 1 is 1.00 bits per heavy atom. The number of carbonyl (C=O) groups excluding carboxylic acids is 1. The first-order chi connectivity index (χ1) is 8.89. The molecule has 0 fully saturated rings. The van der Waals surface area contributed by atoms with Crippen molar-refractivity contribution in [3.63, 3.8) is 0 Å². The lowest BCUT2D eigenvalue weighted by atomic mass is 10.0. The third-order valence-corrected chi connectivity index (χ3v) is 4.06. The maximum Gasteiger partial charge on any atom is 0.253 e. The minimum atomic E-state index is -3.22. The maximum absolute atomic E-state index is 11.4. The molecular formula is C14H11ClO3S. The highest BCUT2D eigenvalue weighted by Gasteiger charge is 2.11. The molecule has 2 aromatic carbocycles. The zero-order valence-electron chi connectivity index (χ0n) is 10.1. The van der Waals surface area contributed by atoms with Crippen molar-refractivity contribution in [3.8, 4) is 11.1 Å². The van der Waals surface area contributed by atoms with Gasteiger partial charge in [0.1, 0.15) is 0 Å². The molecule has 19 heavy (non-hydrogen) atoms. The molecule has 5 heteroatoms. The van der Waals surface area contributed by atoms with Gasteiger partial charge in [0, 0.05) is 11.8 Å². The Morgan fingerprint density at radius 3 is 2.11 bits per heavy atom. The van der Waals surface area contributed by atoms with Crippen LogP contribution in [0.4, 0.5) is 0 Å². The standard InChI is InChI=1S/C14H11ClO3S/c1-19(17,18)11-8-6-10(7-9-11)12-4-2-3-5-13(12)14(15)16/h2-9H,1H3. The molecule has 0 saturated carbocycles. The summed E-state index contributed by atoms with van der Waals surface area (Å²) in [6.07, 6.45) is 1.15. The van der Waals surface area contributed by atoms with Crippen LogP contribution >= 0.6 is 11.6 Å². The van der Waals surface area contributed by atoms with Crippen LogP contribution in [0.1, 0.15) is 10.4 Å². The molecule has 0 spiro atoms. The molecule has 0 heterocycles. The van der Waals surface area contributed by atoms with Gasteiger partial charge in [-0.3, -0.25) is 4.79 Å². The van der Waals surface area contributed by atoms with Crippen molar-refractivity contribution in [3.05, 3.63) is 54.1 Å². The second-order valence-corrected chi connectivity index (χ2v) is 6.47. The van der Waals surface area contributed by atoms with Crippen LogP contribution in [0.5, 0.6) is 0 Å². The summed E-state index contributed by atoms with van der Waals surface area (Å²) in [7, 11) is -3.22. The molecule has 0 amide bonds. The molecule has 2 aromatic rings. The van der Waals surface area contributed by atoms with E-state index in [0.29, 0.717) is 11.1 Å². The molecule has 0 atom stereocenters. The largest absolute Gasteiger partial charge is 0.276 e. The normalized spacial score (nSPS) is 11.3. The summed E-state index contributed by atoms with van der Waals surface area (Å²) in [4.78, 5) is 11.6. The molecule has 0 aromatic heterocycles. The molecule has 0 radical (unpaired) electrons. The Bertz CT molecular complexity index is 719. The summed E-state index contributed by atoms with van der Waals surface area (Å²) in [6.45, 7) is 0. The summed E-state index contributed by atoms with van der Waals surface area (Å²) >= 11 is 5.53. The first-order valence-electron chi connectivity index (χ1n) is 5.49. The molecule has 0 unspecified atom stereocenters. The van der Waals surface area contributed by atoms with E-state index >= 15 is 0 Å². The summed E-state index contributed by atoms with van der Waals surface area (Å²) in [6, 6.07) is 13.3. The van der Waals surface area contributed by atoms with E-state index in [9.17, 15) is 13.2 Å². The zero-order chi connectivity index (χ0) is 14.0. The van der Waals surface area contributed by atoms with E-state index in [2.05, 4.69) is 0 Å². The van der Waals surface area contributed by atoms with Gasteiger partial charge in [0.2, 0.25) is 0 Å². The third-order valence-electron chi connectivity index (χ3n) is 2.73. The van der Waals surface area contributed by atoms with Crippen molar-refractivity contribution in [1.82, 2.24) is 0 Å². The van der Waals surface area contributed by atoms with Crippen LogP contribution in [0, 0.1) is 0 Å². The van der Waals surface area contributed by atoms with E-state index in [-0.39, 0.29) is 4.90 Å². The van der Waals surface area contributed by atoms with E-state index in [1.165, 1.54) is 12.1 Å². The fourth-order valence-electron chi connectivity index (χ4n) is 1.79. The monoisotopic (exact) mass is 294 g/mol. The van der Waals surface area contributed by atoms with E-state index < -0.39 is 15.1 Å². The Hall–Kier alpha value is -1.65. The third kappa shape index (κ3) is 3.03. The number of halogens is 1. The van der Waals surface area contributed by atoms with Crippen LogP contribution in [0.25, 0.3) is 11.1 Å². The fraction of sp³-hybridized carbons (Fsp3) is 0.0714. The molecule has 0 aliphatic heterocycles. The minimum Gasteiger partial charge on any atom is -0.276 e. The van der Waals surface area contributed by atoms with Crippen molar-refractivity contribution in [2.75, 3.05) is 6.26 Å². The minimum absolute atomic E-state index is 0.242. The summed E-state index contributed by atoms with van der Waals surface area (Å²) in [5.74, 6) is 0. The predicted octanol–water partition coefficient (Wildman–Crippen LogP) is 3.14. The van der Waals surface area contributed by atoms with Gasteiger partial charge >= 0.3 is 0 Å². The Kier molecular flexibility index (Phi) is 3.73. The van der Waals surface area contributed by atoms with Gasteiger partial charge in [-0.15, -0.1) is 0 Å². The van der Waals surface area contributed by atoms with Crippen LogP contribution in [0.3, 0.4) is 0 Å². The highest BCUT2D eigenvalue weighted by molar-refractivity contribution is 7.90. The Labute approximate surface area is 116 Å². The van der Waals surface area contributed by atoms with Gasteiger partial charge in [0.25, 0.3) is 5.24 Å². The number of rotatable bonds is 3. The highest BCUT2D eigenvalue weighted by Crippen LogP contribution is 2.26. The van der Waals surface area contributed by atoms with Gasteiger partial charge in [-0.25, -0.2) is 8.42 Å². The van der Waals surface area contributed by atoms with Crippen molar-refractivity contribution >= 4 is 26.7 Å². The summed E-state index contributed by atoms with van der Waals surface area (Å²) in [5.41, 5.74) is 1.83. The van der Waals surface area contributed by atoms with Crippen LogP contribution in [0.15, 0.2) is 53.4 Å². The number of sulfone groups is 1. The Balaban J connectivity index is 2.52. The number of benzene rings is 2. The second kappa shape index (κ2) is 5.15. The average molecular weight is 295 g/mol. The van der Waals surface area contributed by atoms with Crippen LogP contribution in [-0.4, -0.2) is 19.9 Å². The number of hydrogen-bond acceptors (Lipinski definition) is 3. The average Bonchev–Trinajstić information content (AvgIpc) is 2.38. The van der Waals surface area contributed by atoms with Gasteiger partial charge in [0.15, 0.2) is 9.84 Å². The maximum atomic E-state index is 11.4. The van der Waals surface area contributed by atoms with Crippen LogP contribution in [0.2, 0.25) is 0 Å². The molecule has 2 rings (SSSR count). The molecular weight excluding hydrogens is 284 g/mol. The Morgan fingerprint density at radius 2 is 1.58 bits per heavy atom. The van der Waals surface area contributed by atoms with Gasteiger partial charge in [-0.2, -0.15) is 0 Å². The molecule has 98 valence electrons. The van der Waals surface area contributed by atoms with E-state index in [1.807, 2.05) is 0 Å². The lowest BCUT2D eigenvalue weighted by molar-refractivity contribution is 0.108. The van der Waals surface area contributed by atoms with Crippen LogP contribution < -0.4 is 0 Å². The number of hydrogen-bond donors (Lipinski definition) is 0. The van der Waals surface area contributed by atoms with E-state index in [0.717, 1.165) is 11.8 Å². The second-order valence-electron chi connectivity index (χ2n) is 4.12. The van der Waals surface area contributed by atoms with Gasteiger partial charge in [0.05, 0.1) is 4.90 Å². The summed E-state index contributed by atoms with van der Waals surface area (Å²) < 4.78 is 22.8. The predicted molar refractivity (Wildman–Crippen MR) is 75.2 cm³/mol. The zero-order valence-corrected chi connectivity index (χ0v) is 11.7. The lowest BCUT2D eigenvalue weighted by Crippen LogP contribution is -1.97.